The zero-order valence-electron chi connectivity index (χ0n) is 15.4. The number of carbonyl (C=O) groups excluding carboxylic acids is 1. The fourth-order valence-corrected chi connectivity index (χ4v) is 3.02. The van der Waals surface area contributed by atoms with E-state index < -0.39 is 0 Å². The van der Waals surface area contributed by atoms with Crippen LogP contribution in [0.2, 0.25) is 0 Å². The van der Waals surface area contributed by atoms with E-state index in [1.54, 1.807) is 18.2 Å². The van der Waals surface area contributed by atoms with E-state index in [1.807, 2.05) is 26.0 Å². The van der Waals surface area contributed by atoms with Crippen LogP contribution in [0.15, 0.2) is 35.1 Å². The number of aromatic amines is 1. The van der Waals surface area contributed by atoms with Gasteiger partial charge in [0, 0.05) is 18.2 Å². The Morgan fingerprint density at radius 2 is 1.93 bits per heavy atom. The first-order valence-electron chi connectivity index (χ1n) is 8.56. The van der Waals surface area contributed by atoms with Gasteiger partial charge in [0.1, 0.15) is 18.2 Å². The van der Waals surface area contributed by atoms with Gasteiger partial charge >= 0.3 is 0 Å². The molecule has 0 fully saturated rings. The molecule has 0 bridgehead atoms. The lowest BCUT2D eigenvalue weighted by Crippen LogP contribution is -2.11. The van der Waals surface area contributed by atoms with Gasteiger partial charge in [-0.3, -0.25) is 9.59 Å². The van der Waals surface area contributed by atoms with Crippen molar-refractivity contribution in [3.05, 3.63) is 51.8 Å². The number of aromatic nitrogens is 2. The zero-order valence-corrected chi connectivity index (χ0v) is 15.4. The zero-order chi connectivity index (χ0) is 19.6. The van der Waals surface area contributed by atoms with Gasteiger partial charge in [0.25, 0.3) is 5.56 Å². The number of nitrogens with zero attached hydrogens (tertiary/aromatic N) is 1. The van der Waals surface area contributed by atoms with E-state index in [-0.39, 0.29) is 24.7 Å². The summed E-state index contributed by atoms with van der Waals surface area (Å²) in [7, 11) is 0. The van der Waals surface area contributed by atoms with Gasteiger partial charge in [0.15, 0.2) is 0 Å². The molecule has 0 aliphatic carbocycles. The minimum atomic E-state index is -0.280. The van der Waals surface area contributed by atoms with Gasteiger partial charge in [-0.25, -0.2) is 4.98 Å². The summed E-state index contributed by atoms with van der Waals surface area (Å²) in [4.78, 5) is 31.1. The van der Waals surface area contributed by atoms with Crippen LogP contribution < -0.4 is 15.6 Å². The average Bonchev–Trinajstić information content (AvgIpc) is 2.61. The number of amides is 1. The number of rotatable bonds is 5. The Morgan fingerprint density at radius 1 is 1.22 bits per heavy atom. The number of fused-ring (bicyclic) bond motifs is 1. The summed E-state index contributed by atoms with van der Waals surface area (Å²) in [5, 5.41) is 12.0. The first-order valence-corrected chi connectivity index (χ1v) is 8.56. The van der Waals surface area contributed by atoms with E-state index in [0.717, 1.165) is 22.4 Å². The van der Waals surface area contributed by atoms with Crippen molar-refractivity contribution < 1.29 is 14.6 Å². The summed E-state index contributed by atoms with van der Waals surface area (Å²) < 4.78 is 5.57. The normalized spacial score (nSPS) is 10.8. The van der Waals surface area contributed by atoms with Crippen LogP contribution in [-0.4, -0.2) is 34.2 Å². The molecule has 0 saturated carbocycles. The Balaban J connectivity index is 2.05. The monoisotopic (exact) mass is 367 g/mol. The Labute approximate surface area is 156 Å². The Bertz CT molecular complexity index is 1050. The maximum Gasteiger partial charge on any atom is 0.259 e. The van der Waals surface area contributed by atoms with Crippen molar-refractivity contribution in [2.24, 2.45) is 0 Å². The maximum absolute atomic E-state index is 12.5. The summed E-state index contributed by atoms with van der Waals surface area (Å²) in [6.45, 7) is 5.39. The molecule has 7 heteroatoms. The number of aliphatic hydroxyl groups is 1. The van der Waals surface area contributed by atoms with Crippen LogP contribution in [0.3, 0.4) is 0 Å². The number of H-pyrrole nitrogens is 1. The standard InChI is InChI=1S/C20H21N3O4/c1-11-8-14(9-12(2)18(11)27-7-6-24)19-22-17-5-4-15(21-13(3)25)10-16(17)20(26)23-19/h4-5,8-10,24H,6-7H2,1-3H3,(H,21,25)(H,22,23,26). The molecule has 3 N–H and O–H groups in total. The number of benzene rings is 2. The largest absolute Gasteiger partial charge is 0.491 e. The molecule has 7 nitrogen and oxygen atoms in total. The molecule has 0 unspecified atom stereocenters. The van der Waals surface area contributed by atoms with Crippen molar-refractivity contribution in [1.29, 1.82) is 0 Å². The van der Waals surface area contributed by atoms with E-state index in [1.165, 1.54) is 6.92 Å². The van der Waals surface area contributed by atoms with Crippen LogP contribution in [0.5, 0.6) is 5.75 Å². The number of aliphatic hydroxyl groups excluding tert-OH is 1. The lowest BCUT2D eigenvalue weighted by atomic mass is 10.0. The van der Waals surface area contributed by atoms with Gasteiger partial charge in [0.05, 0.1) is 17.5 Å². The summed E-state index contributed by atoms with van der Waals surface area (Å²) in [5.74, 6) is 0.973. The van der Waals surface area contributed by atoms with Crippen LogP contribution in [-0.2, 0) is 4.79 Å². The molecule has 27 heavy (non-hydrogen) atoms. The molecule has 1 amide bonds. The molecule has 140 valence electrons. The predicted octanol–water partition coefficient (Wildman–Crippen LogP) is 2.54. The summed E-state index contributed by atoms with van der Waals surface area (Å²) in [5.41, 5.74) is 3.36. The van der Waals surface area contributed by atoms with Crippen molar-refractivity contribution in [1.82, 2.24) is 9.97 Å². The second-order valence-electron chi connectivity index (χ2n) is 6.34. The molecule has 0 aliphatic heterocycles. The van der Waals surface area contributed by atoms with Crippen molar-refractivity contribution in [2.45, 2.75) is 20.8 Å². The van der Waals surface area contributed by atoms with E-state index in [9.17, 15) is 9.59 Å². The van der Waals surface area contributed by atoms with Crippen LogP contribution in [0.1, 0.15) is 18.1 Å². The SMILES string of the molecule is CC(=O)Nc1ccc2nc(-c3cc(C)c(OCCO)c(C)c3)[nH]c(=O)c2c1. The van der Waals surface area contributed by atoms with Gasteiger partial charge < -0.3 is 20.1 Å². The van der Waals surface area contributed by atoms with Crippen molar-refractivity contribution in [3.63, 3.8) is 0 Å². The van der Waals surface area contributed by atoms with Gasteiger partial charge in [-0.15, -0.1) is 0 Å². The molecule has 3 rings (SSSR count). The number of aryl methyl sites for hydroxylation is 2. The highest BCUT2D eigenvalue weighted by atomic mass is 16.5. The van der Waals surface area contributed by atoms with Crippen LogP contribution in [0, 0.1) is 13.8 Å². The summed E-state index contributed by atoms with van der Waals surface area (Å²) in [6, 6.07) is 8.79. The van der Waals surface area contributed by atoms with Gasteiger partial charge in [-0.05, 0) is 55.3 Å². The van der Waals surface area contributed by atoms with Crippen LogP contribution >= 0.6 is 0 Å². The number of ether oxygens (including phenoxy) is 1. The third-order valence-corrected chi connectivity index (χ3v) is 4.10. The smallest absolute Gasteiger partial charge is 0.259 e. The van der Waals surface area contributed by atoms with Gasteiger partial charge in [0.2, 0.25) is 5.91 Å². The quantitative estimate of drug-likeness (QED) is 0.643. The Kier molecular flexibility index (Phi) is 5.23. The molecule has 1 heterocycles. The Morgan fingerprint density at radius 3 is 2.56 bits per heavy atom. The molecule has 0 radical (unpaired) electrons. The summed E-state index contributed by atoms with van der Waals surface area (Å²) in [6.07, 6.45) is 0. The lowest BCUT2D eigenvalue weighted by molar-refractivity contribution is -0.114. The van der Waals surface area contributed by atoms with Gasteiger partial charge in [-0.1, -0.05) is 0 Å². The molecule has 0 spiro atoms. The number of nitrogens with one attached hydrogen (secondary N) is 2. The van der Waals surface area contributed by atoms with Crippen LogP contribution in [0.25, 0.3) is 22.3 Å². The highest BCUT2D eigenvalue weighted by molar-refractivity contribution is 5.92. The van der Waals surface area contributed by atoms with E-state index in [4.69, 9.17) is 9.84 Å². The topological polar surface area (TPSA) is 104 Å². The maximum atomic E-state index is 12.5. The first kappa shape index (κ1) is 18.6. The molecule has 0 saturated heterocycles. The average molecular weight is 367 g/mol. The highest BCUT2D eigenvalue weighted by Crippen LogP contribution is 2.29. The predicted molar refractivity (Wildman–Crippen MR) is 104 cm³/mol. The molecular weight excluding hydrogens is 346 g/mol. The fourth-order valence-electron chi connectivity index (χ4n) is 3.02. The highest BCUT2D eigenvalue weighted by Gasteiger charge is 2.12. The number of carbonyl (C=O) groups is 1. The minimum Gasteiger partial charge on any atom is -0.491 e. The summed E-state index contributed by atoms with van der Waals surface area (Å²) >= 11 is 0. The minimum absolute atomic E-state index is 0.0549. The molecule has 1 aromatic heterocycles. The second kappa shape index (κ2) is 7.59. The van der Waals surface area contributed by atoms with Crippen molar-refractivity contribution >= 4 is 22.5 Å². The molecule has 2 aromatic carbocycles. The molecular formula is C20H21N3O4. The van der Waals surface area contributed by atoms with Crippen molar-refractivity contribution in [3.8, 4) is 17.1 Å². The second-order valence-corrected chi connectivity index (χ2v) is 6.34. The number of hydrogen-bond acceptors (Lipinski definition) is 5. The first-order chi connectivity index (χ1) is 12.9. The van der Waals surface area contributed by atoms with E-state index >= 15 is 0 Å². The number of hydrogen-bond donors (Lipinski definition) is 3. The molecule has 0 aliphatic rings. The molecule has 0 atom stereocenters. The van der Waals surface area contributed by atoms with E-state index in [2.05, 4.69) is 15.3 Å². The van der Waals surface area contributed by atoms with Crippen LogP contribution in [0.4, 0.5) is 5.69 Å². The fraction of sp³-hybridized carbons (Fsp3) is 0.250. The lowest BCUT2D eigenvalue weighted by Gasteiger charge is -2.13. The van der Waals surface area contributed by atoms with Gasteiger partial charge in [-0.2, -0.15) is 0 Å². The number of anilines is 1. The van der Waals surface area contributed by atoms with E-state index in [0.29, 0.717) is 22.4 Å². The van der Waals surface area contributed by atoms with Crippen molar-refractivity contribution in [2.75, 3.05) is 18.5 Å². The Hall–Kier alpha value is -3.19. The molecule has 3 aromatic rings. The third kappa shape index (κ3) is 3.98. The third-order valence-electron chi connectivity index (χ3n) is 4.10.